The van der Waals surface area contributed by atoms with Gasteiger partial charge >= 0.3 is 0 Å². The van der Waals surface area contributed by atoms with Crippen LogP contribution >= 0.6 is 11.6 Å². The number of rotatable bonds is 1. The van der Waals surface area contributed by atoms with E-state index in [1.807, 2.05) is 31.5 Å². The summed E-state index contributed by atoms with van der Waals surface area (Å²) in [7, 11) is 0. The molecule has 0 radical (unpaired) electrons. The summed E-state index contributed by atoms with van der Waals surface area (Å²) in [4.78, 5) is 13.1. The van der Waals surface area contributed by atoms with Crippen molar-refractivity contribution in [1.82, 2.24) is 9.97 Å². The Hall–Kier alpha value is -3.12. The van der Waals surface area contributed by atoms with Gasteiger partial charge in [-0.05, 0) is 42.3 Å². The first kappa shape index (κ1) is 16.1. The number of benzene rings is 1. The van der Waals surface area contributed by atoms with Gasteiger partial charge in [-0.1, -0.05) is 17.7 Å². The van der Waals surface area contributed by atoms with Gasteiger partial charge in [0.15, 0.2) is 11.3 Å². The number of aryl methyl sites for hydroxylation is 1. The monoisotopic (exact) mass is 378 g/mol. The summed E-state index contributed by atoms with van der Waals surface area (Å²) in [5.74, 6) is 1.29. The van der Waals surface area contributed by atoms with Crippen molar-refractivity contribution in [3.63, 3.8) is 0 Å². The number of aliphatic imine (C=N–C) groups is 1. The zero-order chi connectivity index (χ0) is 18.6. The third-order valence-electron chi connectivity index (χ3n) is 4.86. The number of nitrogens with two attached hydrogens (primary N) is 1. The smallest absolute Gasteiger partial charge is 0.283 e. The number of ether oxygens (including phenoxy) is 2. The van der Waals surface area contributed by atoms with Crippen LogP contribution in [0.25, 0.3) is 11.1 Å². The summed E-state index contributed by atoms with van der Waals surface area (Å²) in [6.45, 7) is 2.29. The highest BCUT2D eigenvalue weighted by molar-refractivity contribution is 6.29. The normalized spacial score (nSPS) is 19.7. The van der Waals surface area contributed by atoms with Crippen LogP contribution in [0, 0.1) is 6.92 Å². The molecule has 0 saturated heterocycles. The first-order chi connectivity index (χ1) is 13.0. The Balaban J connectivity index is 1.75. The molecular formula is C20H15ClN4O2. The number of fused-ring (bicyclic) bond motifs is 4. The van der Waals surface area contributed by atoms with Crippen molar-refractivity contribution in [2.45, 2.75) is 12.5 Å². The van der Waals surface area contributed by atoms with E-state index in [0.717, 1.165) is 27.8 Å². The van der Waals surface area contributed by atoms with Crippen molar-refractivity contribution in [3.8, 4) is 22.6 Å². The number of nitrogens with zero attached hydrogens (tertiary/aromatic N) is 3. The van der Waals surface area contributed by atoms with Crippen LogP contribution in [0.5, 0.6) is 11.5 Å². The third kappa shape index (κ3) is 2.44. The second-order valence-electron chi connectivity index (χ2n) is 6.67. The molecule has 2 aliphatic heterocycles. The summed E-state index contributed by atoms with van der Waals surface area (Å²) in [6.07, 6.45) is 5.26. The zero-order valence-electron chi connectivity index (χ0n) is 14.4. The van der Waals surface area contributed by atoms with E-state index in [-0.39, 0.29) is 12.6 Å². The summed E-state index contributed by atoms with van der Waals surface area (Å²) in [5.41, 5.74) is 9.85. The van der Waals surface area contributed by atoms with Gasteiger partial charge in [0.2, 0.25) is 0 Å². The molecule has 2 aliphatic rings. The number of halogens is 1. The van der Waals surface area contributed by atoms with Crippen LogP contribution in [-0.4, -0.2) is 22.6 Å². The molecule has 7 heteroatoms. The lowest BCUT2D eigenvalue weighted by Gasteiger charge is -2.33. The van der Waals surface area contributed by atoms with Crippen LogP contribution in [0.1, 0.15) is 16.7 Å². The van der Waals surface area contributed by atoms with Crippen molar-refractivity contribution >= 4 is 17.6 Å². The van der Waals surface area contributed by atoms with Gasteiger partial charge in [-0.15, -0.1) is 0 Å². The SMILES string of the molecule is Cc1cncc(-c2ccc3c(c2)[C@@]2(COC(N)=N2)c2cc(Cl)ncc2O3)c1. The topological polar surface area (TPSA) is 82.6 Å². The van der Waals surface area contributed by atoms with Crippen molar-refractivity contribution < 1.29 is 9.47 Å². The largest absolute Gasteiger partial charge is 0.462 e. The number of aromatic nitrogens is 2. The number of pyridine rings is 2. The maximum Gasteiger partial charge on any atom is 0.283 e. The maximum atomic E-state index is 6.15. The standard InChI is InChI=1S/C20H15ClN4O2/c1-11-4-13(8-23-7-11)12-2-3-16-14(5-12)20(10-26-19(22)25-20)15-6-18(21)24-9-17(15)27-16/h2-9H,10H2,1H3,(H2,22,25)/t20-/m0/s1. The van der Waals surface area contributed by atoms with Crippen molar-refractivity contribution in [3.05, 3.63) is 70.8 Å². The van der Waals surface area contributed by atoms with E-state index in [1.165, 1.54) is 0 Å². The van der Waals surface area contributed by atoms with Gasteiger partial charge < -0.3 is 15.2 Å². The van der Waals surface area contributed by atoms with Gasteiger partial charge in [-0.3, -0.25) is 4.98 Å². The summed E-state index contributed by atoms with van der Waals surface area (Å²) < 4.78 is 11.6. The molecule has 0 fully saturated rings. The third-order valence-corrected chi connectivity index (χ3v) is 5.07. The molecule has 6 nitrogen and oxygen atoms in total. The molecule has 2 N–H and O–H groups in total. The Bertz CT molecular complexity index is 1110. The molecule has 5 rings (SSSR count). The number of hydrogen-bond donors (Lipinski definition) is 1. The van der Waals surface area contributed by atoms with Gasteiger partial charge in [0.25, 0.3) is 6.02 Å². The Morgan fingerprint density at radius 3 is 2.67 bits per heavy atom. The van der Waals surface area contributed by atoms with E-state index in [2.05, 4.69) is 27.1 Å². The van der Waals surface area contributed by atoms with Gasteiger partial charge in [0.05, 0.1) is 6.20 Å². The molecule has 134 valence electrons. The minimum absolute atomic E-state index is 0.143. The Labute approximate surface area is 160 Å². The van der Waals surface area contributed by atoms with Crippen LogP contribution < -0.4 is 10.5 Å². The second kappa shape index (κ2) is 5.69. The summed E-state index contributed by atoms with van der Waals surface area (Å²) in [6, 6.07) is 9.96. The van der Waals surface area contributed by atoms with Crippen molar-refractivity contribution in [2.75, 3.05) is 6.61 Å². The first-order valence-electron chi connectivity index (χ1n) is 8.44. The Kier molecular flexibility index (Phi) is 3.39. The van der Waals surface area contributed by atoms with E-state index in [4.69, 9.17) is 26.8 Å². The average molecular weight is 379 g/mol. The summed E-state index contributed by atoms with van der Waals surface area (Å²) >= 11 is 6.15. The molecule has 0 unspecified atom stereocenters. The highest BCUT2D eigenvalue weighted by atomic mass is 35.5. The second-order valence-corrected chi connectivity index (χ2v) is 7.05. The lowest BCUT2D eigenvalue weighted by molar-refractivity contribution is 0.264. The Morgan fingerprint density at radius 2 is 1.89 bits per heavy atom. The van der Waals surface area contributed by atoms with Crippen molar-refractivity contribution in [2.24, 2.45) is 10.7 Å². The fraction of sp³-hybridized carbons (Fsp3) is 0.150. The average Bonchev–Trinajstić information content (AvgIpc) is 3.05. The van der Waals surface area contributed by atoms with E-state index in [0.29, 0.717) is 16.7 Å². The molecule has 0 amide bonds. The number of amidine groups is 1. The predicted molar refractivity (Wildman–Crippen MR) is 102 cm³/mol. The predicted octanol–water partition coefficient (Wildman–Crippen LogP) is 3.80. The van der Waals surface area contributed by atoms with Crippen LogP contribution in [0.15, 0.2) is 53.9 Å². The maximum absolute atomic E-state index is 6.15. The van der Waals surface area contributed by atoms with Gasteiger partial charge in [0, 0.05) is 29.1 Å². The van der Waals surface area contributed by atoms with Gasteiger partial charge in [0.1, 0.15) is 17.5 Å². The van der Waals surface area contributed by atoms with Crippen LogP contribution in [0.4, 0.5) is 0 Å². The molecule has 1 aromatic carbocycles. The molecule has 0 bridgehead atoms. The molecule has 1 atom stereocenters. The highest BCUT2D eigenvalue weighted by Crippen LogP contribution is 2.51. The quantitative estimate of drug-likeness (QED) is 0.651. The lowest BCUT2D eigenvalue weighted by atomic mass is 9.81. The molecule has 4 heterocycles. The van der Waals surface area contributed by atoms with Crippen LogP contribution in [-0.2, 0) is 10.3 Å². The van der Waals surface area contributed by atoms with Gasteiger partial charge in [-0.25, -0.2) is 9.98 Å². The fourth-order valence-corrected chi connectivity index (χ4v) is 3.78. The van der Waals surface area contributed by atoms with E-state index in [1.54, 1.807) is 12.3 Å². The lowest BCUT2D eigenvalue weighted by Crippen LogP contribution is -2.31. The molecule has 2 aromatic heterocycles. The molecule has 27 heavy (non-hydrogen) atoms. The van der Waals surface area contributed by atoms with E-state index in [9.17, 15) is 0 Å². The molecular weight excluding hydrogens is 364 g/mol. The first-order valence-corrected chi connectivity index (χ1v) is 8.81. The Morgan fingerprint density at radius 1 is 1.04 bits per heavy atom. The fourth-order valence-electron chi connectivity index (χ4n) is 3.63. The van der Waals surface area contributed by atoms with E-state index < -0.39 is 5.54 Å². The van der Waals surface area contributed by atoms with Crippen molar-refractivity contribution in [1.29, 1.82) is 0 Å². The molecule has 3 aromatic rings. The van der Waals surface area contributed by atoms with Crippen LogP contribution in [0.2, 0.25) is 5.15 Å². The molecule has 0 saturated carbocycles. The molecule has 0 aliphatic carbocycles. The highest BCUT2D eigenvalue weighted by Gasteiger charge is 2.47. The van der Waals surface area contributed by atoms with Crippen LogP contribution in [0.3, 0.4) is 0 Å². The van der Waals surface area contributed by atoms with Gasteiger partial charge in [-0.2, -0.15) is 0 Å². The molecule has 1 spiro atoms. The number of hydrogen-bond acceptors (Lipinski definition) is 6. The van der Waals surface area contributed by atoms with E-state index >= 15 is 0 Å². The minimum atomic E-state index is -0.813. The zero-order valence-corrected chi connectivity index (χ0v) is 15.2. The minimum Gasteiger partial charge on any atom is -0.462 e. The summed E-state index contributed by atoms with van der Waals surface area (Å²) in [5, 5.41) is 0.361.